The SMILES string of the molecule is C[C@H](Br)[C@@H](OC(=O)c1cccc2ccccc12)c1cc2c(cc1Br)OCO2. The first kappa shape index (κ1) is 18.3. The number of fused-ring (bicyclic) bond motifs is 2. The summed E-state index contributed by atoms with van der Waals surface area (Å²) in [5.74, 6) is 0.951. The molecule has 0 N–H and O–H groups in total. The minimum absolute atomic E-state index is 0.104. The molecular formula is C21H16Br2O4. The van der Waals surface area contributed by atoms with E-state index in [0.29, 0.717) is 17.1 Å². The highest BCUT2D eigenvalue weighted by molar-refractivity contribution is 9.10. The minimum Gasteiger partial charge on any atom is -0.454 e. The quantitative estimate of drug-likeness (QED) is 0.331. The molecule has 1 aliphatic rings. The van der Waals surface area contributed by atoms with E-state index >= 15 is 0 Å². The Kier molecular flexibility index (Phi) is 5.10. The number of alkyl halides is 1. The first-order valence-electron chi connectivity index (χ1n) is 8.46. The fourth-order valence-electron chi connectivity index (χ4n) is 3.14. The van der Waals surface area contributed by atoms with Crippen LogP contribution in [0.1, 0.15) is 28.9 Å². The molecular weight excluding hydrogens is 476 g/mol. The van der Waals surface area contributed by atoms with Gasteiger partial charge in [0.25, 0.3) is 0 Å². The van der Waals surface area contributed by atoms with E-state index in [1.807, 2.05) is 55.5 Å². The molecule has 0 radical (unpaired) electrons. The lowest BCUT2D eigenvalue weighted by Crippen LogP contribution is -2.18. The smallest absolute Gasteiger partial charge is 0.339 e. The summed E-state index contributed by atoms with van der Waals surface area (Å²) in [5.41, 5.74) is 1.36. The molecule has 1 heterocycles. The van der Waals surface area contributed by atoms with Crippen LogP contribution in [0.15, 0.2) is 59.1 Å². The van der Waals surface area contributed by atoms with E-state index in [9.17, 15) is 4.79 Å². The number of benzene rings is 3. The average Bonchev–Trinajstić information content (AvgIpc) is 3.12. The number of halogens is 2. The predicted octanol–water partition coefficient (Wildman–Crippen LogP) is 6.01. The third-order valence-corrected chi connectivity index (χ3v) is 5.63. The molecule has 3 aromatic carbocycles. The zero-order valence-corrected chi connectivity index (χ0v) is 17.6. The maximum Gasteiger partial charge on any atom is 0.339 e. The van der Waals surface area contributed by atoms with E-state index in [1.54, 1.807) is 6.07 Å². The van der Waals surface area contributed by atoms with Crippen LogP contribution in [0.25, 0.3) is 10.8 Å². The van der Waals surface area contributed by atoms with Gasteiger partial charge in [-0.25, -0.2) is 4.79 Å². The molecule has 0 unspecified atom stereocenters. The first-order valence-corrected chi connectivity index (χ1v) is 10.2. The summed E-state index contributed by atoms with van der Waals surface area (Å²) in [6, 6.07) is 17.1. The van der Waals surface area contributed by atoms with Crippen LogP contribution in [0.4, 0.5) is 0 Å². The van der Waals surface area contributed by atoms with Crippen LogP contribution in [0.2, 0.25) is 0 Å². The molecule has 0 bridgehead atoms. The van der Waals surface area contributed by atoms with E-state index in [1.165, 1.54) is 0 Å². The van der Waals surface area contributed by atoms with Crippen molar-refractivity contribution >= 4 is 48.6 Å². The van der Waals surface area contributed by atoms with Gasteiger partial charge in [0, 0.05) is 10.0 Å². The van der Waals surface area contributed by atoms with Gasteiger partial charge in [-0.15, -0.1) is 0 Å². The molecule has 4 nitrogen and oxygen atoms in total. The molecule has 1 aliphatic heterocycles. The van der Waals surface area contributed by atoms with Crippen molar-refractivity contribution in [3.63, 3.8) is 0 Å². The Morgan fingerprint density at radius 3 is 2.56 bits per heavy atom. The zero-order chi connectivity index (χ0) is 19.0. The Hall–Kier alpha value is -2.05. The number of rotatable bonds is 4. The summed E-state index contributed by atoms with van der Waals surface area (Å²) >= 11 is 7.13. The van der Waals surface area contributed by atoms with Gasteiger partial charge in [-0.2, -0.15) is 0 Å². The average molecular weight is 492 g/mol. The van der Waals surface area contributed by atoms with E-state index < -0.39 is 6.10 Å². The summed E-state index contributed by atoms with van der Waals surface area (Å²) in [5, 5.41) is 1.87. The van der Waals surface area contributed by atoms with Crippen molar-refractivity contribution in [2.24, 2.45) is 0 Å². The van der Waals surface area contributed by atoms with Crippen molar-refractivity contribution in [1.29, 1.82) is 0 Å². The lowest BCUT2D eigenvalue weighted by molar-refractivity contribution is 0.0305. The molecule has 0 saturated carbocycles. The Morgan fingerprint density at radius 2 is 1.78 bits per heavy atom. The summed E-state index contributed by atoms with van der Waals surface area (Å²) in [7, 11) is 0. The predicted molar refractivity (Wildman–Crippen MR) is 111 cm³/mol. The number of carbonyl (C=O) groups excluding carboxylic acids is 1. The lowest BCUT2D eigenvalue weighted by atomic mass is 10.0. The molecule has 138 valence electrons. The highest BCUT2D eigenvalue weighted by Gasteiger charge is 2.28. The third-order valence-electron chi connectivity index (χ3n) is 4.46. The van der Waals surface area contributed by atoms with Gasteiger partial charge in [0.2, 0.25) is 6.79 Å². The summed E-state index contributed by atoms with van der Waals surface area (Å²) in [4.78, 5) is 12.9. The normalized spacial score (nSPS) is 14.8. The summed E-state index contributed by atoms with van der Waals surface area (Å²) in [6.07, 6.45) is -0.500. The van der Waals surface area contributed by atoms with E-state index in [0.717, 1.165) is 20.8 Å². The second-order valence-corrected chi connectivity index (χ2v) is 8.56. The standard InChI is InChI=1S/C21H16Br2O4/c1-12(22)20(16-9-18-19(10-17(16)23)26-11-25-18)27-21(24)15-8-4-6-13-5-2-3-7-14(13)15/h2-10,12,20H,11H2,1H3/t12-,20+/m0/s1. The van der Waals surface area contributed by atoms with Crippen LogP contribution in [0, 0.1) is 0 Å². The molecule has 0 aromatic heterocycles. The van der Waals surface area contributed by atoms with Gasteiger partial charge in [0.05, 0.1) is 10.4 Å². The molecule has 0 aliphatic carbocycles. The molecule has 2 atom stereocenters. The second-order valence-electron chi connectivity index (χ2n) is 6.26. The number of carbonyl (C=O) groups is 1. The molecule has 6 heteroatoms. The number of hydrogen-bond acceptors (Lipinski definition) is 4. The maximum atomic E-state index is 13.0. The Labute approximate surface area is 173 Å². The Bertz CT molecular complexity index is 1010. The highest BCUT2D eigenvalue weighted by Crippen LogP contribution is 2.42. The number of esters is 1. The first-order chi connectivity index (χ1) is 13.0. The molecule has 27 heavy (non-hydrogen) atoms. The fourth-order valence-corrected chi connectivity index (χ4v) is 4.08. The minimum atomic E-state index is -0.500. The van der Waals surface area contributed by atoms with Gasteiger partial charge in [0.15, 0.2) is 11.5 Å². The van der Waals surface area contributed by atoms with E-state index in [-0.39, 0.29) is 17.6 Å². The second kappa shape index (κ2) is 7.52. The van der Waals surface area contributed by atoms with Gasteiger partial charge in [0.1, 0.15) is 6.10 Å². The molecule has 0 spiro atoms. The summed E-state index contributed by atoms with van der Waals surface area (Å²) in [6.45, 7) is 2.13. The number of hydrogen-bond donors (Lipinski definition) is 0. The van der Waals surface area contributed by atoms with Crippen LogP contribution >= 0.6 is 31.9 Å². The third kappa shape index (κ3) is 3.56. The fraction of sp³-hybridized carbons (Fsp3) is 0.190. The van der Waals surface area contributed by atoms with Crippen LogP contribution < -0.4 is 9.47 Å². The maximum absolute atomic E-state index is 13.0. The van der Waals surface area contributed by atoms with Gasteiger partial charge >= 0.3 is 5.97 Å². The topological polar surface area (TPSA) is 44.8 Å². The number of ether oxygens (including phenoxy) is 3. The van der Waals surface area contributed by atoms with Gasteiger partial charge in [-0.3, -0.25) is 0 Å². The highest BCUT2D eigenvalue weighted by atomic mass is 79.9. The van der Waals surface area contributed by atoms with E-state index in [4.69, 9.17) is 14.2 Å². The van der Waals surface area contributed by atoms with Crippen molar-refractivity contribution in [2.45, 2.75) is 17.9 Å². The van der Waals surface area contributed by atoms with Crippen molar-refractivity contribution in [3.8, 4) is 11.5 Å². The van der Waals surface area contributed by atoms with Gasteiger partial charge in [-0.1, -0.05) is 68.3 Å². The van der Waals surface area contributed by atoms with Crippen LogP contribution in [-0.4, -0.2) is 17.6 Å². The monoisotopic (exact) mass is 490 g/mol. The van der Waals surface area contributed by atoms with Gasteiger partial charge in [-0.05, 0) is 35.9 Å². The van der Waals surface area contributed by atoms with E-state index in [2.05, 4.69) is 31.9 Å². The Balaban J connectivity index is 1.69. The molecule has 0 amide bonds. The molecule has 0 saturated heterocycles. The zero-order valence-electron chi connectivity index (χ0n) is 14.4. The largest absolute Gasteiger partial charge is 0.454 e. The van der Waals surface area contributed by atoms with Crippen LogP contribution in [-0.2, 0) is 4.74 Å². The van der Waals surface area contributed by atoms with Crippen molar-refractivity contribution in [2.75, 3.05) is 6.79 Å². The lowest BCUT2D eigenvalue weighted by Gasteiger charge is -2.22. The van der Waals surface area contributed by atoms with Gasteiger partial charge < -0.3 is 14.2 Å². The molecule has 3 aromatic rings. The Morgan fingerprint density at radius 1 is 1.07 bits per heavy atom. The van der Waals surface area contributed by atoms with Crippen molar-refractivity contribution in [1.82, 2.24) is 0 Å². The van der Waals surface area contributed by atoms with Crippen molar-refractivity contribution in [3.05, 3.63) is 70.2 Å². The van der Waals surface area contributed by atoms with Crippen molar-refractivity contribution < 1.29 is 19.0 Å². The van der Waals surface area contributed by atoms with Crippen LogP contribution in [0.3, 0.4) is 0 Å². The summed E-state index contributed by atoms with van der Waals surface area (Å²) < 4.78 is 17.6. The molecule has 0 fully saturated rings. The van der Waals surface area contributed by atoms with Crippen LogP contribution in [0.5, 0.6) is 11.5 Å². The molecule has 4 rings (SSSR count).